The third-order valence-corrected chi connectivity index (χ3v) is 5.09. The third-order valence-electron chi connectivity index (χ3n) is 5.09. The summed E-state index contributed by atoms with van der Waals surface area (Å²) in [7, 11) is 0. The van der Waals surface area contributed by atoms with Gasteiger partial charge in [-0.1, -0.05) is 55.1 Å². The number of aromatic nitrogens is 2. The molecule has 2 aromatic heterocycles. The monoisotopic (exact) mass is 336 g/mol. The molecule has 0 saturated carbocycles. The van der Waals surface area contributed by atoms with E-state index in [1.807, 2.05) is 67.6 Å². The van der Waals surface area contributed by atoms with Crippen LogP contribution in [0.1, 0.15) is 12.6 Å². The minimum atomic E-state index is -0.0560. The highest BCUT2D eigenvalue weighted by molar-refractivity contribution is 6.14. The van der Waals surface area contributed by atoms with Crippen molar-refractivity contribution in [2.45, 2.75) is 6.92 Å². The molecule has 3 aromatic carbocycles. The molecule has 5 aromatic rings. The Morgan fingerprint density at radius 2 is 1.69 bits per heavy atom. The Bertz CT molecular complexity index is 1470. The molecule has 3 nitrogen and oxygen atoms in total. The van der Waals surface area contributed by atoms with Crippen molar-refractivity contribution in [2.24, 2.45) is 0 Å². The molecule has 3 heteroatoms. The lowest BCUT2D eigenvalue weighted by Crippen LogP contribution is -2.20. The second-order valence-electron chi connectivity index (χ2n) is 6.40. The number of hydrogen-bond acceptors (Lipinski definition) is 2. The predicted molar refractivity (Wildman–Crippen MR) is 109 cm³/mol. The molecule has 0 aliphatic carbocycles. The molecule has 0 radical (unpaired) electrons. The lowest BCUT2D eigenvalue weighted by Gasteiger charge is -2.14. The highest BCUT2D eigenvalue weighted by atomic mass is 16.1. The molecule has 26 heavy (non-hydrogen) atoms. The van der Waals surface area contributed by atoms with E-state index in [2.05, 4.69) is 6.58 Å². The second kappa shape index (κ2) is 5.27. The Balaban J connectivity index is 2.25. The highest BCUT2D eigenvalue weighted by Gasteiger charge is 2.16. The predicted octanol–water partition coefficient (Wildman–Crippen LogP) is 4.32. The Labute approximate surface area is 149 Å². The lowest BCUT2D eigenvalue weighted by atomic mass is 10.0. The lowest BCUT2D eigenvalue weighted by molar-refractivity contribution is 1.08. The maximum absolute atomic E-state index is 13.4. The zero-order chi connectivity index (χ0) is 17.8. The van der Waals surface area contributed by atoms with Gasteiger partial charge in [0.1, 0.15) is 5.65 Å². The standard InChI is InChI=1S/C23H16N2O/c1-3-14-8-7-13-18-21(14)19(4-2)25-22(24-18)16-11-5-9-15-10-6-12-17(20(15)16)23(25)26/h3-13H,2H2,1H3/b14-3-. The zero-order valence-electron chi connectivity index (χ0n) is 14.4. The van der Waals surface area contributed by atoms with Gasteiger partial charge in [0.15, 0.2) is 0 Å². The quantitative estimate of drug-likeness (QED) is 0.337. The second-order valence-corrected chi connectivity index (χ2v) is 6.40. The maximum Gasteiger partial charge on any atom is 0.264 e. The average Bonchev–Trinajstić information content (AvgIpc) is 2.69. The van der Waals surface area contributed by atoms with Crippen molar-refractivity contribution in [2.75, 3.05) is 0 Å². The number of nitrogens with zero attached hydrogens (tertiary/aromatic N) is 2. The van der Waals surface area contributed by atoms with E-state index in [1.54, 1.807) is 10.5 Å². The molecule has 0 fully saturated rings. The van der Waals surface area contributed by atoms with Crippen LogP contribution in [0.4, 0.5) is 0 Å². The first kappa shape index (κ1) is 14.8. The van der Waals surface area contributed by atoms with Crippen LogP contribution in [-0.2, 0) is 0 Å². The molecule has 0 atom stereocenters. The fourth-order valence-electron chi connectivity index (χ4n) is 3.97. The molecule has 0 aliphatic heterocycles. The Hall–Kier alpha value is -3.46. The van der Waals surface area contributed by atoms with Crippen molar-refractivity contribution < 1.29 is 0 Å². The summed E-state index contributed by atoms with van der Waals surface area (Å²) in [5, 5.41) is 5.71. The minimum Gasteiger partial charge on any atom is -0.268 e. The van der Waals surface area contributed by atoms with E-state index in [0.717, 1.165) is 38.0 Å². The summed E-state index contributed by atoms with van der Waals surface area (Å²) in [6, 6.07) is 17.9. The molecule has 5 rings (SSSR count). The van der Waals surface area contributed by atoms with Gasteiger partial charge < -0.3 is 0 Å². The number of pyridine rings is 1. The Morgan fingerprint density at radius 3 is 2.42 bits per heavy atom. The van der Waals surface area contributed by atoms with Crippen molar-refractivity contribution in [3.8, 4) is 0 Å². The van der Waals surface area contributed by atoms with Crippen LogP contribution in [0.15, 0.2) is 66.0 Å². The summed E-state index contributed by atoms with van der Waals surface area (Å²) in [6.45, 7) is 5.98. The zero-order valence-corrected chi connectivity index (χ0v) is 14.4. The van der Waals surface area contributed by atoms with Crippen LogP contribution in [0.2, 0.25) is 0 Å². The van der Waals surface area contributed by atoms with Crippen LogP contribution in [-0.4, -0.2) is 9.38 Å². The van der Waals surface area contributed by atoms with Gasteiger partial charge in [-0.15, -0.1) is 0 Å². The summed E-state index contributed by atoms with van der Waals surface area (Å²) >= 11 is 0. The molecule has 0 amide bonds. The van der Waals surface area contributed by atoms with E-state index in [1.165, 1.54) is 0 Å². The van der Waals surface area contributed by atoms with Crippen molar-refractivity contribution in [3.05, 3.63) is 82.4 Å². The van der Waals surface area contributed by atoms with E-state index < -0.39 is 0 Å². The van der Waals surface area contributed by atoms with Crippen LogP contribution < -0.4 is 10.8 Å². The largest absolute Gasteiger partial charge is 0.268 e. The first-order chi connectivity index (χ1) is 12.7. The van der Waals surface area contributed by atoms with Crippen molar-refractivity contribution >= 4 is 50.2 Å². The normalized spacial score (nSPS) is 12.6. The minimum absolute atomic E-state index is 0.0560. The first-order valence-electron chi connectivity index (χ1n) is 8.62. The van der Waals surface area contributed by atoms with Crippen LogP contribution >= 0.6 is 0 Å². The third kappa shape index (κ3) is 1.77. The Kier molecular flexibility index (Phi) is 3.01. The van der Waals surface area contributed by atoms with Crippen molar-refractivity contribution in [1.82, 2.24) is 9.38 Å². The van der Waals surface area contributed by atoms with Gasteiger partial charge in [-0.2, -0.15) is 0 Å². The van der Waals surface area contributed by atoms with Crippen LogP contribution in [0, 0.1) is 0 Å². The van der Waals surface area contributed by atoms with Crippen molar-refractivity contribution in [1.29, 1.82) is 0 Å². The van der Waals surface area contributed by atoms with Gasteiger partial charge in [-0.25, -0.2) is 4.98 Å². The van der Waals surface area contributed by atoms with Gasteiger partial charge in [0, 0.05) is 21.5 Å². The fourth-order valence-corrected chi connectivity index (χ4v) is 3.97. The van der Waals surface area contributed by atoms with E-state index in [-0.39, 0.29) is 5.56 Å². The van der Waals surface area contributed by atoms with E-state index >= 15 is 0 Å². The molecule has 124 valence electrons. The van der Waals surface area contributed by atoms with E-state index in [9.17, 15) is 4.79 Å². The highest BCUT2D eigenvalue weighted by Crippen LogP contribution is 2.29. The maximum atomic E-state index is 13.4. The number of benzene rings is 3. The molecule has 0 spiro atoms. The van der Waals surface area contributed by atoms with Gasteiger partial charge in [0.2, 0.25) is 0 Å². The van der Waals surface area contributed by atoms with Crippen LogP contribution in [0.3, 0.4) is 0 Å². The summed E-state index contributed by atoms with van der Waals surface area (Å²) in [4.78, 5) is 18.3. The van der Waals surface area contributed by atoms with Gasteiger partial charge in [0.05, 0.1) is 11.2 Å². The molecule has 0 aliphatic rings. The summed E-state index contributed by atoms with van der Waals surface area (Å²) in [5.41, 5.74) is 2.27. The van der Waals surface area contributed by atoms with Gasteiger partial charge in [-0.3, -0.25) is 9.20 Å². The summed E-state index contributed by atoms with van der Waals surface area (Å²) < 4.78 is 1.71. The summed E-state index contributed by atoms with van der Waals surface area (Å²) in [5.74, 6) is 0. The summed E-state index contributed by atoms with van der Waals surface area (Å²) in [6.07, 6.45) is 3.79. The number of hydrogen-bond donors (Lipinski definition) is 0. The first-order valence-corrected chi connectivity index (χ1v) is 8.62. The van der Waals surface area contributed by atoms with E-state index in [0.29, 0.717) is 11.0 Å². The number of fused-ring (bicyclic) bond motifs is 3. The topological polar surface area (TPSA) is 34.4 Å². The fraction of sp³-hybridized carbons (Fsp3) is 0.0435. The van der Waals surface area contributed by atoms with E-state index in [4.69, 9.17) is 4.98 Å². The van der Waals surface area contributed by atoms with Crippen LogP contribution in [0.25, 0.3) is 50.2 Å². The molecule has 0 bridgehead atoms. The molecular formula is C23H16N2O. The van der Waals surface area contributed by atoms with Gasteiger partial charge in [0.25, 0.3) is 5.56 Å². The molecule has 2 heterocycles. The van der Waals surface area contributed by atoms with Gasteiger partial charge >= 0.3 is 0 Å². The SMILES string of the molecule is C=Cc1c2/c(=C\C)cccc2nc2c3cccc4cccc(c(=O)n12)c43. The van der Waals surface area contributed by atoms with Crippen LogP contribution in [0.5, 0.6) is 0 Å². The number of rotatable bonds is 1. The molecule has 0 saturated heterocycles. The Morgan fingerprint density at radius 1 is 0.962 bits per heavy atom. The molecular weight excluding hydrogens is 320 g/mol. The average molecular weight is 336 g/mol. The molecule has 0 unspecified atom stereocenters. The van der Waals surface area contributed by atoms with Gasteiger partial charge in [-0.05, 0) is 35.7 Å². The smallest absolute Gasteiger partial charge is 0.264 e. The molecule has 0 N–H and O–H groups in total. The van der Waals surface area contributed by atoms with Crippen molar-refractivity contribution in [3.63, 3.8) is 0 Å².